The SMILES string of the molecule is CCSCc1ccc(C)cc1C. The molecule has 0 aromatic heterocycles. The van der Waals surface area contributed by atoms with Crippen LogP contribution in [-0.4, -0.2) is 5.75 Å². The second kappa shape index (κ2) is 4.56. The highest BCUT2D eigenvalue weighted by Crippen LogP contribution is 2.16. The maximum atomic E-state index is 2.26. The standard InChI is InChI=1S/C11H16S/c1-4-12-8-11-6-5-9(2)7-10(11)3/h5-7H,4,8H2,1-3H3. The van der Waals surface area contributed by atoms with Gasteiger partial charge < -0.3 is 0 Å². The Morgan fingerprint density at radius 2 is 2.00 bits per heavy atom. The van der Waals surface area contributed by atoms with Crippen LogP contribution in [0.3, 0.4) is 0 Å². The molecule has 1 aromatic rings. The normalized spacial score (nSPS) is 10.2. The van der Waals surface area contributed by atoms with E-state index in [2.05, 4.69) is 39.0 Å². The molecular formula is C11H16S. The van der Waals surface area contributed by atoms with Crippen LogP contribution in [0.5, 0.6) is 0 Å². The van der Waals surface area contributed by atoms with Gasteiger partial charge in [-0.3, -0.25) is 0 Å². The summed E-state index contributed by atoms with van der Waals surface area (Å²) in [5, 5.41) is 0. The first-order chi connectivity index (χ1) is 5.74. The van der Waals surface area contributed by atoms with E-state index in [-0.39, 0.29) is 0 Å². The molecule has 0 atom stereocenters. The van der Waals surface area contributed by atoms with Crippen LogP contribution in [0.25, 0.3) is 0 Å². The van der Waals surface area contributed by atoms with Gasteiger partial charge in [-0.25, -0.2) is 0 Å². The van der Waals surface area contributed by atoms with Gasteiger partial charge in [0.05, 0.1) is 0 Å². The largest absolute Gasteiger partial charge is 0.157 e. The van der Waals surface area contributed by atoms with Gasteiger partial charge in [-0.2, -0.15) is 11.8 Å². The predicted molar refractivity (Wildman–Crippen MR) is 57.8 cm³/mol. The lowest BCUT2D eigenvalue weighted by Crippen LogP contribution is -1.87. The Kier molecular flexibility index (Phi) is 3.67. The van der Waals surface area contributed by atoms with E-state index >= 15 is 0 Å². The molecule has 0 nitrogen and oxygen atoms in total. The van der Waals surface area contributed by atoms with Gasteiger partial charge in [0.2, 0.25) is 0 Å². The topological polar surface area (TPSA) is 0 Å². The third kappa shape index (κ3) is 2.56. The minimum absolute atomic E-state index is 1.16. The zero-order valence-corrected chi connectivity index (χ0v) is 8.87. The molecular weight excluding hydrogens is 164 g/mol. The molecule has 0 N–H and O–H groups in total. The first-order valence-corrected chi connectivity index (χ1v) is 5.53. The number of benzene rings is 1. The fourth-order valence-corrected chi connectivity index (χ4v) is 1.97. The molecule has 1 rings (SSSR count). The first kappa shape index (κ1) is 9.66. The third-order valence-electron chi connectivity index (χ3n) is 1.96. The summed E-state index contributed by atoms with van der Waals surface area (Å²) in [7, 11) is 0. The average Bonchev–Trinajstić information content (AvgIpc) is 2.03. The fourth-order valence-electron chi connectivity index (χ4n) is 1.22. The second-order valence-corrected chi connectivity index (χ2v) is 4.34. The van der Waals surface area contributed by atoms with Gasteiger partial charge in [-0.05, 0) is 30.7 Å². The van der Waals surface area contributed by atoms with Crippen molar-refractivity contribution in [1.29, 1.82) is 0 Å². The highest BCUT2D eigenvalue weighted by Gasteiger charge is 1.96. The van der Waals surface area contributed by atoms with Crippen molar-refractivity contribution in [1.82, 2.24) is 0 Å². The van der Waals surface area contributed by atoms with Crippen LogP contribution in [0.15, 0.2) is 18.2 Å². The Balaban J connectivity index is 2.72. The maximum Gasteiger partial charge on any atom is 0.0187 e. The summed E-state index contributed by atoms with van der Waals surface area (Å²) in [6, 6.07) is 6.69. The van der Waals surface area contributed by atoms with E-state index in [1.54, 1.807) is 0 Å². The number of aryl methyl sites for hydroxylation is 2. The van der Waals surface area contributed by atoms with E-state index in [9.17, 15) is 0 Å². The molecule has 66 valence electrons. The molecule has 0 aliphatic heterocycles. The van der Waals surface area contributed by atoms with Gasteiger partial charge in [0, 0.05) is 5.75 Å². The average molecular weight is 180 g/mol. The Hall–Kier alpha value is -0.430. The van der Waals surface area contributed by atoms with Gasteiger partial charge in [0.1, 0.15) is 0 Å². The van der Waals surface area contributed by atoms with Crippen molar-refractivity contribution in [2.75, 3.05) is 5.75 Å². The minimum atomic E-state index is 1.16. The zero-order chi connectivity index (χ0) is 8.97. The van der Waals surface area contributed by atoms with Gasteiger partial charge in [0.15, 0.2) is 0 Å². The van der Waals surface area contributed by atoms with Crippen LogP contribution in [0.2, 0.25) is 0 Å². The molecule has 0 aliphatic carbocycles. The molecule has 0 aliphatic rings. The summed E-state index contributed by atoms with van der Waals surface area (Å²) >= 11 is 1.98. The van der Waals surface area contributed by atoms with Crippen molar-refractivity contribution in [3.63, 3.8) is 0 Å². The monoisotopic (exact) mass is 180 g/mol. The van der Waals surface area contributed by atoms with Gasteiger partial charge in [-0.1, -0.05) is 30.7 Å². The van der Waals surface area contributed by atoms with E-state index in [1.165, 1.54) is 22.4 Å². The van der Waals surface area contributed by atoms with Crippen molar-refractivity contribution < 1.29 is 0 Å². The summed E-state index contributed by atoms with van der Waals surface area (Å²) in [6.07, 6.45) is 0. The van der Waals surface area contributed by atoms with E-state index in [1.807, 2.05) is 11.8 Å². The molecule has 1 heteroatoms. The molecule has 0 radical (unpaired) electrons. The van der Waals surface area contributed by atoms with E-state index in [4.69, 9.17) is 0 Å². The molecule has 0 amide bonds. The number of hydrogen-bond donors (Lipinski definition) is 0. The maximum absolute atomic E-state index is 2.26. The summed E-state index contributed by atoms with van der Waals surface area (Å²) < 4.78 is 0. The lowest BCUT2D eigenvalue weighted by molar-refractivity contribution is 1.27. The second-order valence-electron chi connectivity index (χ2n) is 3.07. The molecule has 0 unspecified atom stereocenters. The predicted octanol–water partition coefficient (Wildman–Crippen LogP) is 3.56. The van der Waals surface area contributed by atoms with E-state index in [0.717, 1.165) is 5.75 Å². The van der Waals surface area contributed by atoms with Crippen LogP contribution >= 0.6 is 11.8 Å². The van der Waals surface area contributed by atoms with Crippen LogP contribution < -0.4 is 0 Å². The molecule has 0 fully saturated rings. The molecule has 0 spiro atoms. The zero-order valence-electron chi connectivity index (χ0n) is 8.05. The number of rotatable bonds is 3. The Labute approximate surface area is 79.4 Å². The van der Waals surface area contributed by atoms with Crippen LogP contribution in [0.1, 0.15) is 23.6 Å². The quantitative estimate of drug-likeness (QED) is 0.685. The van der Waals surface area contributed by atoms with Crippen LogP contribution in [-0.2, 0) is 5.75 Å². The van der Waals surface area contributed by atoms with Gasteiger partial charge in [-0.15, -0.1) is 0 Å². The Morgan fingerprint density at radius 1 is 1.25 bits per heavy atom. The molecule has 0 heterocycles. The summed E-state index contributed by atoms with van der Waals surface area (Å²) in [6.45, 7) is 6.54. The van der Waals surface area contributed by atoms with E-state index in [0.29, 0.717) is 0 Å². The Morgan fingerprint density at radius 3 is 2.58 bits per heavy atom. The highest BCUT2D eigenvalue weighted by atomic mass is 32.2. The third-order valence-corrected chi connectivity index (χ3v) is 2.88. The van der Waals surface area contributed by atoms with Crippen molar-refractivity contribution >= 4 is 11.8 Å². The summed E-state index contributed by atoms with van der Waals surface area (Å²) in [5.41, 5.74) is 4.26. The van der Waals surface area contributed by atoms with Gasteiger partial charge >= 0.3 is 0 Å². The van der Waals surface area contributed by atoms with Crippen molar-refractivity contribution in [3.05, 3.63) is 34.9 Å². The van der Waals surface area contributed by atoms with Gasteiger partial charge in [0.25, 0.3) is 0 Å². The lowest BCUT2D eigenvalue weighted by Gasteiger charge is -2.05. The fraction of sp³-hybridized carbons (Fsp3) is 0.455. The smallest absolute Gasteiger partial charge is 0.0187 e. The van der Waals surface area contributed by atoms with Crippen molar-refractivity contribution in [2.45, 2.75) is 26.5 Å². The lowest BCUT2D eigenvalue weighted by atomic mass is 10.1. The van der Waals surface area contributed by atoms with Crippen molar-refractivity contribution in [3.8, 4) is 0 Å². The summed E-state index contributed by atoms with van der Waals surface area (Å²) in [5.74, 6) is 2.36. The first-order valence-electron chi connectivity index (χ1n) is 4.38. The van der Waals surface area contributed by atoms with Crippen molar-refractivity contribution in [2.24, 2.45) is 0 Å². The minimum Gasteiger partial charge on any atom is -0.157 e. The number of hydrogen-bond acceptors (Lipinski definition) is 1. The summed E-state index contributed by atoms with van der Waals surface area (Å²) in [4.78, 5) is 0. The molecule has 0 saturated heterocycles. The molecule has 0 saturated carbocycles. The molecule has 1 aromatic carbocycles. The highest BCUT2D eigenvalue weighted by molar-refractivity contribution is 7.98. The Bertz CT molecular complexity index is 253. The van der Waals surface area contributed by atoms with Crippen LogP contribution in [0, 0.1) is 13.8 Å². The van der Waals surface area contributed by atoms with E-state index < -0.39 is 0 Å². The number of thioether (sulfide) groups is 1. The molecule has 12 heavy (non-hydrogen) atoms. The molecule has 0 bridgehead atoms. The van der Waals surface area contributed by atoms with Crippen LogP contribution in [0.4, 0.5) is 0 Å².